The Bertz CT molecular complexity index is 512. The summed E-state index contributed by atoms with van der Waals surface area (Å²) in [7, 11) is -2.58. The highest BCUT2D eigenvalue weighted by Crippen LogP contribution is 2.24. The number of nitrogens with two attached hydrogens (primary N) is 1. The van der Waals surface area contributed by atoms with Crippen LogP contribution in [0.15, 0.2) is 23.1 Å². The summed E-state index contributed by atoms with van der Waals surface area (Å²) < 4.78 is 44.3. The molecule has 0 radical (unpaired) electrons. The Hall–Kier alpha value is -1.18. The van der Waals surface area contributed by atoms with Gasteiger partial charge < -0.3 is 10.5 Å². The molecule has 1 aromatic carbocycles. The first kappa shape index (κ1) is 15.9. The zero-order chi connectivity index (χ0) is 14.6. The summed E-state index contributed by atoms with van der Waals surface area (Å²) >= 11 is 0. The Morgan fingerprint density at radius 2 is 2.05 bits per heavy atom. The van der Waals surface area contributed by atoms with Gasteiger partial charge in [0.1, 0.15) is 10.7 Å². The Balaban J connectivity index is 2.91. The van der Waals surface area contributed by atoms with Gasteiger partial charge in [-0.15, -0.1) is 0 Å². The molecule has 19 heavy (non-hydrogen) atoms. The predicted octanol–water partition coefficient (Wildman–Crippen LogP) is 1.45. The molecule has 0 saturated heterocycles. The van der Waals surface area contributed by atoms with Crippen LogP contribution >= 0.6 is 0 Å². The molecule has 0 atom stereocenters. The number of rotatable bonds is 6. The van der Waals surface area contributed by atoms with Crippen LogP contribution in [0.2, 0.25) is 0 Å². The highest BCUT2D eigenvalue weighted by molar-refractivity contribution is 7.89. The molecular weight excluding hydrogens is 271 g/mol. The fourth-order valence-electron chi connectivity index (χ4n) is 1.49. The first-order chi connectivity index (χ1) is 8.76. The molecule has 2 N–H and O–H groups in total. The fourth-order valence-corrected chi connectivity index (χ4v) is 2.80. The summed E-state index contributed by atoms with van der Waals surface area (Å²) in [5.41, 5.74) is 5.44. The van der Waals surface area contributed by atoms with Crippen LogP contribution < -0.4 is 5.73 Å². The summed E-state index contributed by atoms with van der Waals surface area (Å²) in [6.07, 6.45) is 0.00892. The van der Waals surface area contributed by atoms with E-state index in [2.05, 4.69) is 0 Å². The normalized spacial score (nSPS) is 12.3. The average molecular weight is 290 g/mol. The van der Waals surface area contributed by atoms with E-state index in [9.17, 15) is 12.8 Å². The molecule has 108 valence electrons. The molecule has 0 spiro atoms. The standard InChI is InChI=1S/C12H19FN2O3S/c1-9(2)18-8-7-15(3)19(16,17)12-10(13)5-4-6-11(12)14/h4-6,9H,7-8,14H2,1-3H3. The van der Waals surface area contributed by atoms with Crippen LogP contribution in [0.25, 0.3) is 0 Å². The van der Waals surface area contributed by atoms with Gasteiger partial charge in [0.15, 0.2) is 0 Å². The quantitative estimate of drug-likeness (QED) is 0.805. The Kier molecular flexibility index (Phi) is 5.28. The van der Waals surface area contributed by atoms with Crippen molar-refractivity contribution in [3.8, 4) is 0 Å². The minimum Gasteiger partial charge on any atom is -0.398 e. The maximum Gasteiger partial charge on any atom is 0.247 e. The van der Waals surface area contributed by atoms with Crippen LogP contribution in [-0.4, -0.2) is 39.0 Å². The number of benzene rings is 1. The maximum atomic E-state index is 13.6. The van der Waals surface area contributed by atoms with Crippen molar-refractivity contribution in [1.29, 1.82) is 0 Å². The molecule has 0 heterocycles. The van der Waals surface area contributed by atoms with Crippen molar-refractivity contribution in [3.63, 3.8) is 0 Å². The zero-order valence-corrected chi connectivity index (χ0v) is 12.1. The number of anilines is 1. The van der Waals surface area contributed by atoms with Gasteiger partial charge in [-0.05, 0) is 26.0 Å². The van der Waals surface area contributed by atoms with Gasteiger partial charge in [-0.3, -0.25) is 0 Å². The lowest BCUT2D eigenvalue weighted by molar-refractivity contribution is 0.0737. The largest absolute Gasteiger partial charge is 0.398 e. The molecule has 0 saturated carbocycles. The lowest BCUT2D eigenvalue weighted by Crippen LogP contribution is -2.32. The number of likely N-dealkylation sites (N-methyl/N-ethyl adjacent to an activating group) is 1. The third kappa shape index (κ3) is 3.89. The second-order valence-electron chi connectivity index (χ2n) is 4.40. The smallest absolute Gasteiger partial charge is 0.247 e. The van der Waals surface area contributed by atoms with Gasteiger partial charge in [0, 0.05) is 13.6 Å². The minimum absolute atomic E-state index is 0.00892. The molecule has 0 aromatic heterocycles. The van der Waals surface area contributed by atoms with Gasteiger partial charge in [-0.2, -0.15) is 4.31 Å². The molecule has 0 aliphatic carbocycles. The van der Waals surface area contributed by atoms with Crippen LogP contribution in [0.5, 0.6) is 0 Å². The van der Waals surface area contributed by atoms with Gasteiger partial charge in [0.2, 0.25) is 10.0 Å². The zero-order valence-electron chi connectivity index (χ0n) is 11.3. The minimum atomic E-state index is -3.94. The molecular formula is C12H19FN2O3S. The summed E-state index contributed by atoms with van der Waals surface area (Å²) in [6, 6.07) is 3.79. The van der Waals surface area contributed by atoms with Gasteiger partial charge in [-0.1, -0.05) is 6.07 Å². The molecule has 0 bridgehead atoms. The van der Waals surface area contributed by atoms with E-state index in [4.69, 9.17) is 10.5 Å². The van der Waals surface area contributed by atoms with E-state index in [-0.39, 0.29) is 24.9 Å². The SMILES string of the molecule is CC(C)OCCN(C)S(=O)(=O)c1c(N)cccc1F. The van der Waals surface area contributed by atoms with Crippen molar-refractivity contribution < 1.29 is 17.5 Å². The topological polar surface area (TPSA) is 72.6 Å². The molecule has 1 aromatic rings. The summed E-state index contributed by atoms with van der Waals surface area (Å²) in [5, 5.41) is 0. The third-order valence-corrected chi connectivity index (χ3v) is 4.47. The highest BCUT2D eigenvalue weighted by atomic mass is 32.2. The Morgan fingerprint density at radius 1 is 1.42 bits per heavy atom. The second-order valence-corrected chi connectivity index (χ2v) is 6.39. The van der Waals surface area contributed by atoms with Gasteiger partial charge in [0.25, 0.3) is 0 Å². The van der Waals surface area contributed by atoms with Crippen LogP contribution in [0.3, 0.4) is 0 Å². The predicted molar refractivity (Wildman–Crippen MR) is 71.7 cm³/mol. The van der Waals surface area contributed by atoms with Crippen molar-refractivity contribution in [2.75, 3.05) is 25.9 Å². The Labute approximate surface area is 113 Å². The van der Waals surface area contributed by atoms with Crippen molar-refractivity contribution >= 4 is 15.7 Å². The van der Waals surface area contributed by atoms with Gasteiger partial charge in [-0.25, -0.2) is 12.8 Å². The van der Waals surface area contributed by atoms with Crippen LogP contribution in [0, 0.1) is 5.82 Å². The monoisotopic (exact) mass is 290 g/mol. The fraction of sp³-hybridized carbons (Fsp3) is 0.500. The van der Waals surface area contributed by atoms with Crippen LogP contribution in [-0.2, 0) is 14.8 Å². The number of nitrogens with zero attached hydrogens (tertiary/aromatic N) is 1. The van der Waals surface area contributed by atoms with E-state index < -0.39 is 20.7 Å². The number of halogens is 1. The number of ether oxygens (including phenoxy) is 1. The molecule has 1 rings (SSSR count). The van der Waals surface area contributed by atoms with E-state index >= 15 is 0 Å². The molecule has 0 aliphatic heterocycles. The van der Waals surface area contributed by atoms with Crippen molar-refractivity contribution in [2.45, 2.75) is 24.8 Å². The second kappa shape index (κ2) is 6.31. The molecule has 0 unspecified atom stereocenters. The number of hydrogen-bond acceptors (Lipinski definition) is 4. The average Bonchev–Trinajstić information content (AvgIpc) is 2.27. The van der Waals surface area contributed by atoms with Gasteiger partial charge in [0.05, 0.1) is 18.4 Å². The lowest BCUT2D eigenvalue weighted by atomic mass is 10.3. The highest BCUT2D eigenvalue weighted by Gasteiger charge is 2.26. The van der Waals surface area contributed by atoms with E-state index in [1.165, 1.54) is 19.2 Å². The van der Waals surface area contributed by atoms with E-state index in [0.717, 1.165) is 10.4 Å². The maximum absolute atomic E-state index is 13.6. The molecule has 0 amide bonds. The molecule has 5 nitrogen and oxygen atoms in total. The lowest BCUT2D eigenvalue weighted by Gasteiger charge is -2.19. The summed E-state index contributed by atoms with van der Waals surface area (Å²) in [4.78, 5) is -0.484. The van der Waals surface area contributed by atoms with Crippen LogP contribution in [0.4, 0.5) is 10.1 Å². The first-order valence-corrected chi connectivity index (χ1v) is 7.32. The number of nitrogen functional groups attached to an aromatic ring is 1. The van der Waals surface area contributed by atoms with Crippen molar-refractivity contribution in [3.05, 3.63) is 24.0 Å². The third-order valence-electron chi connectivity index (χ3n) is 2.52. The number of hydrogen-bond donors (Lipinski definition) is 1. The van der Waals surface area contributed by atoms with Crippen molar-refractivity contribution in [1.82, 2.24) is 4.31 Å². The molecule has 7 heteroatoms. The van der Waals surface area contributed by atoms with Crippen molar-refractivity contribution in [2.24, 2.45) is 0 Å². The first-order valence-electron chi connectivity index (χ1n) is 5.88. The Morgan fingerprint density at radius 3 is 2.58 bits per heavy atom. The molecule has 0 fully saturated rings. The summed E-state index contributed by atoms with van der Waals surface area (Å²) in [5.74, 6) is -0.850. The molecule has 0 aliphatic rings. The van der Waals surface area contributed by atoms with E-state index in [1.807, 2.05) is 13.8 Å². The van der Waals surface area contributed by atoms with E-state index in [0.29, 0.717) is 0 Å². The summed E-state index contributed by atoms with van der Waals surface area (Å²) in [6.45, 7) is 4.07. The van der Waals surface area contributed by atoms with Crippen LogP contribution in [0.1, 0.15) is 13.8 Å². The van der Waals surface area contributed by atoms with Gasteiger partial charge >= 0.3 is 0 Å². The number of sulfonamides is 1. The van der Waals surface area contributed by atoms with E-state index in [1.54, 1.807) is 0 Å².